The monoisotopic (exact) mass is 260 g/mol. The van der Waals surface area contributed by atoms with Crippen LogP contribution in [0, 0.1) is 0 Å². The van der Waals surface area contributed by atoms with E-state index in [0.29, 0.717) is 6.07 Å². The van der Waals surface area contributed by atoms with Gasteiger partial charge in [-0.3, -0.25) is 0 Å². The Morgan fingerprint density at radius 2 is 1.72 bits per heavy atom. The largest absolute Gasteiger partial charge is 0.504 e. The van der Waals surface area contributed by atoms with Crippen LogP contribution < -0.4 is 5.73 Å². The number of alkyl halides is 3. The summed E-state index contributed by atoms with van der Waals surface area (Å²) < 4.78 is 42.9. The predicted molar refractivity (Wildman–Crippen MR) is 54.7 cm³/mol. The molecule has 0 aliphatic heterocycles. The zero-order chi connectivity index (χ0) is 13.5. The molecule has 18 heavy (non-hydrogen) atoms. The number of phenolic OH excluding ortho intramolecular Hbond substituents is 2. The summed E-state index contributed by atoms with van der Waals surface area (Å²) in [5.41, 5.74) is 3.65. The van der Waals surface area contributed by atoms with Gasteiger partial charge in [-0.15, -0.1) is 0 Å². The van der Waals surface area contributed by atoms with E-state index in [1.807, 2.05) is 0 Å². The van der Waals surface area contributed by atoms with E-state index in [4.69, 9.17) is 10.8 Å². The number of halogens is 3. The molecule has 0 bridgehead atoms. The molecule has 1 aromatic carbocycles. The van der Waals surface area contributed by atoms with Gasteiger partial charge in [0.2, 0.25) is 5.88 Å². The molecule has 8 heteroatoms. The van der Waals surface area contributed by atoms with Crippen molar-refractivity contribution in [3.05, 3.63) is 23.9 Å². The Morgan fingerprint density at radius 1 is 1.11 bits per heavy atom. The summed E-state index contributed by atoms with van der Waals surface area (Å²) in [6.45, 7) is 0. The molecular weight excluding hydrogens is 253 g/mol. The van der Waals surface area contributed by atoms with E-state index in [9.17, 15) is 18.3 Å². The van der Waals surface area contributed by atoms with Crippen molar-refractivity contribution in [1.29, 1.82) is 0 Å². The van der Waals surface area contributed by atoms with Crippen molar-refractivity contribution in [2.75, 3.05) is 5.73 Å². The minimum atomic E-state index is -4.72. The number of hydrogen-bond acceptors (Lipinski definition) is 5. The first-order valence-corrected chi connectivity index (χ1v) is 4.64. The standard InChI is InChI=1S/C10H7F3N2O3/c11-10(12,13)6-2-8(17)7(16)1-4(6)5-3-15-18-9(5)14/h1-3,16-17H,14H2. The van der Waals surface area contributed by atoms with Crippen molar-refractivity contribution in [1.82, 2.24) is 5.16 Å². The van der Waals surface area contributed by atoms with E-state index in [1.165, 1.54) is 0 Å². The van der Waals surface area contributed by atoms with Crippen LogP contribution in [0.15, 0.2) is 22.9 Å². The van der Waals surface area contributed by atoms with Gasteiger partial charge in [0.05, 0.1) is 17.3 Å². The highest BCUT2D eigenvalue weighted by Gasteiger charge is 2.35. The van der Waals surface area contributed by atoms with Gasteiger partial charge in [-0.1, -0.05) is 5.16 Å². The van der Waals surface area contributed by atoms with Crippen LogP contribution >= 0.6 is 0 Å². The van der Waals surface area contributed by atoms with Crippen LogP contribution in [-0.4, -0.2) is 15.4 Å². The van der Waals surface area contributed by atoms with Gasteiger partial charge in [0.15, 0.2) is 11.5 Å². The molecular formula is C10H7F3N2O3. The summed E-state index contributed by atoms with van der Waals surface area (Å²) in [5.74, 6) is -1.88. The Hall–Kier alpha value is -2.38. The molecule has 4 N–H and O–H groups in total. The van der Waals surface area contributed by atoms with E-state index in [1.54, 1.807) is 0 Å². The van der Waals surface area contributed by atoms with Crippen LogP contribution in [0.2, 0.25) is 0 Å². The molecule has 5 nitrogen and oxygen atoms in total. The number of nitrogens with zero attached hydrogens (tertiary/aromatic N) is 1. The molecule has 96 valence electrons. The molecule has 0 aliphatic carbocycles. The van der Waals surface area contributed by atoms with Gasteiger partial charge >= 0.3 is 6.18 Å². The second-order valence-corrected chi connectivity index (χ2v) is 3.49. The SMILES string of the molecule is Nc1oncc1-c1cc(O)c(O)cc1C(F)(F)F. The van der Waals surface area contributed by atoms with Crippen LogP contribution in [-0.2, 0) is 6.18 Å². The van der Waals surface area contributed by atoms with E-state index >= 15 is 0 Å². The van der Waals surface area contributed by atoms with Crippen molar-refractivity contribution in [2.45, 2.75) is 6.18 Å². The third-order valence-electron chi connectivity index (χ3n) is 2.31. The highest BCUT2D eigenvalue weighted by atomic mass is 19.4. The number of nitrogens with two attached hydrogens (primary N) is 1. The minimum Gasteiger partial charge on any atom is -0.504 e. The summed E-state index contributed by atoms with van der Waals surface area (Å²) >= 11 is 0. The second kappa shape index (κ2) is 3.83. The lowest BCUT2D eigenvalue weighted by Crippen LogP contribution is -2.07. The maximum Gasteiger partial charge on any atom is 0.417 e. The van der Waals surface area contributed by atoms with Crippen molar-refractivity contribution in [2.24, 2.45) is 0 Å². The maximum atomic E-state index is 12.8. The van der Waals surface area contributed by atoms with Gasteiger partial charge < -0.3 is 20.5 Å². The number of hydrogen-bond donors (Lipinski definition) is 3. The first-order valence-electron chi connectivity index (χ1n) is 4.64. The lowest BCUT2D eigenvalue weighted by atomic mass is 10.0. The normalized spacial score (nSPS) is 11.7. The highest BCUT2D eigenvalue weighted by molar-refractivity contribution is 5.77. The summed E-state index contributed by atoms with van der Waals surface area (Å²) in [5, 5.41) is 21.7. The van der Waals surface area contributed by atoms with Gasteiger partial charge in [-0.2, -0.15) is 13.2 Å². The fraction of sp³-hybridized carbons (Fsp3) is 0.100. The number of aromatic nitrogens is 1. The lowest BCUT2D eigenvalue weighted by Gasteiger charge is -2.13. The third kappa shape index (κ3) is 1.92. The molecule has 2 rings (SSSR count). The molecule has 0 saturated heterocycles. The maximum absolute atomic E-state index is 12.8. The molecule has 0 aliphatic rings. The van der Waals surface area contributed by atoms with Gasteiger partial charge in [-0.05, 0) is 12.1 Å². The zero-order valence-electron chi connectivity index (χ0n) is 8.69. The van der Waals surface area contributed by atoms with Gasteiger partial charge in [0, 0.05) is 5.56 Å². The molecule has 1 heterocycles. The number of benzene rings is 1. The molecule has 0 spiro atoms. The smallest absolute Gasteiger partial charge is 0.417 e. The summed E-state index contributed by atoms with van der Waals surface area (Å²) in [7, 11) is 0. The van der Waals surface area contributed by atoms with Crippen molar-refractivity contribution in [3.63, 3.8) is 0 Å². The summed E-state index contributed by atoms with van der Waals surface area (Å²) in [4.78, 5) is 0. The average Bonchev–Trinajstić information content (AvgIpc) is 2.66. The second-order valence-electron chi connectivity index (χ2n) is 3.49. The Balaban J connectivity index is 2.73. The van der Waals surface area contributed by atoms with Crippen LogP contribution in [0.1, 0.15) is 5.56 Å². The number of phenols is 2. The lowest BCUT2D eigenvalue weighted by molar-refractivity contribution is -0.137. The van der Waals surface area contributed by atoms with Crippen molar-refractivity contribution in [3.8, 4) is 22.6 Å². The number of nitrogen functional groups attached to an aromatic ring is 1. The predicted octanol–water partition coefficient (Wildman–Crippen LogP) is 2.35. The zero-order valence-corrected chi connectivity index (χ0v) is 8.69. The van der Waals surface area contributed by atoms with Crippen LogP contribution in [0.5, 0.6) is 11.5 Å². The van der Waals surface area contributed by atoms with E-state index in [2.05, 4.69) is 9.68 Å². The Kier molecular flexibility index (Phi) is 2.57. The highest BCUT2D eigenvalue weighted by Crippen LogP contribution is 2.43. The molecule has 0 fully saturated rings. The van der Waals surface area contributed by atoms with Crippen molar-refractivity contribution >= 4 is 5.88 Å². The van der Waals surface area contributed by atoms with E-state index < -0.39 is 28.8 Å². The molecule has 0 saturated carbocycles. The number of anilines is 1. The molecule has 2 aromatic rings. The third-order valence-corrected chi connectivity index (χ3v) is 2.31. The van der Waals surface area contributed by atoms with Gasteiger partial charge in [-0.25, -0.2) is 0 Å². The molecule has 0 atom stereocenters. The molecule has 0 radical (unpaired) electrons. The summed E-state index contributed by atoms with van der Waals surface area (Å²) in [6.07, 6.45) is -3.72. The van der Waals surface area contributed by atoms with E-state index in [0.717, 1.165) is 12.3 Å². The summed E-state index contributed by atoms with van der Waals surface area (Å²) in [6, 6.07) is 1.16. The molecule has 0 unspecified atom stereocenters. The molecule has 1 aromatic heterocycles. The Bertz CT molecular complexity index is 593. The van der Waals surface area contributed by atoms with Crippen molar-refractivity contribution < 1.29 is 27.9 Å². The number of rotatable bonds is 1. The fourth-order valence-corrected chi connectivity index (χ4v) is 1.49. The topological polar surface area (TPSA) is 92.5 Å². The number of aromatic hydroxyl groups is 2. The Labute approximate surface area is 98.2 Å². The Morgan fingerprint density at radius 3 is 2.22 bits per heavy atom. The van der Waals surface area contributed by atoms with Crippen LogP contribution in [0.4, 0.5) is 19.1 Å². The quantitative estimate of drug-likeness (QED) is 0.684. The first-order chi connectivity index (χ1) is 8.30. The van der Waals surface area contributed by atoms with Crippen LogP contribution in [0.3, 0.4) is 0 Å². The minimum absolute atomic E-state index is 0.113. The fourth-order valence-electron chi connectivity index (χ4n) is 1.49. The van der Waals surface area contributed by atoms with E-state index in [-0.39, 0.29) is 11.4 Å². The molecule has 0 amide bonds. The van der Waals surface area contributed by atoms with Crippen LogP contribution in [0.25, 0.3) is 11.1 Å². The van der Waals surface area contributed by atoms with Gasteiger partial charge in [0.25, 0.3) is 0 Å². The van der Waals surface area contributed by atoms with Gasteiger partial charge in [0.1, 0.15) is 0 Å². The average molecular weight is 260 g/mol. The first kappa shape index (κ1) is 12.1.